The molecule has 1 aromatic rings. The maximum atomic E-state index is 9.08. The van der Waals surface area contributed by atoms with Crippen LogP contribution in [0.4, 0.5) is 0 Å². The van der Waals surface area contributed by atoms with E-state index in [9.17, 15) is 0 Å². The van der Waals surface area contributed by atoms with Crippen LogP contribution in [-0.2, 0) is 16.1 Å². The summed E-state index contributed by atoms with van der Waals surface area (Å²) in [6, 6.07) is 4.93. The molecular weight excluding hydrogens is 223 g/mol. The van der Waals surface area contributed by atoms with E-state index in [1.807, 2.05) is 0 Å². The maximum Gasteiger partial charge on any atom is 0.488 e. The smallest absolute Gasteiger partial charge is 0.488 e. The molecular formula is C11H17BO5. The molecule has 0 aliphatic heterocycles. The van der Waals surface area contributed by atoms with Crippen molar-refractivity contribution in [3.63, 3.8) is 0 Å². The quantitative estimate of drug-likeness (QED) is 0.498. The van der Waals surface area contributed by atoms with Crippen molar-refractivity contribution in [1.29, 1.82) is 0 Å². The van der Waals surface area contributed by atoms with Crippen molar-refractivity contribution >= 4 is 12.6 Å². The molecule has 1 aromatic carbocycles. The van der Waals surface area contributed by atoms with Crippen LogP contribution < -0.4 is 10.2 Å². The fourth-order valence-electron chi connectivity index (χ4n) is 1.40. The summed E-state index contributed by atoms with van der Waals surface area (Å²) in [6.07, 6.45) is 0. The van der Waals surface area contributed by atoms with Crippen LogP contribution in [-0.4, -0.2) is 44.6 Å². The van der Waals surface area contributed by atoms with E-state index in [1.54, 1.807) is 32.4 Å². The summed E-state index contributed by atoms with van der Waals surface area (Å²) in [4.78, 5) is 0. The molecule has 17 heavy (non-hydrogen) atoms. The van der Waals surface area contributed by atoms with E-state index < -0.39 is 7.12 Å². The third-order valence-electron chi connectivity index (χ3n) is 2.29. The number of ether oxygens (including phenoxy) is 3. The van der Waals surface area contributed by atoms with Gasteiger partial charge in [0.25, 0.3) is 0 Å². The van der Waals surface area contributed by atoms with E-state index in [0.29, 0.717) is 31.0 Å². The van der Waals surface area contributed by atoms with Crippen molar-refractivity contribution < 1.29 is 24.3 Å². The molecule has 0 saturated heterocycles. The number of rotatable bonds is 7. The van der Waals surface area contributed by atoms with Gasteiger partial charge < -0.3 is 24.3 Å². The molecule has 6 heteroatoms. The van der Waals surface area contributed by atoms with Crippen LogP contribution in [0.15, 0.2) is 18.2 Å². The van der Waals surface area contributed by atoms with E-state index in [0.717, 1.165) is 5.56 Å². The highest BCUT2D eigenvalue weighted by Crippen LogP contribution is 2.17. The van der Waals surface area contributed by atoms with Gasteiger partial charge in [0.2, 0.25) is 0 Å². The lowest BCUT2D eigenvalue weighted by Gasteiger charge is -2.11. The van der Waals surface area contributed by atoms with E-state index >= 15 is 0 Å². The van der Waals surface area contributed by atoms with Gasteiger partial charge in [-0.1, -0.05) is 12.1 Å². The minimum Gasteiger partial charge on any atom is -0.496 e. The van der Waals surface area contributed by atoms with Gasteiger partial charge in [-0.25, -0.2) is 0 Å². The van der Waals surface area contributed by atoms with Crippen LogP contribution in [0.3, 0.4) is 0 Å². The Balaban J connectivity index is 2.69. The van der Waals surface area contributed by atoms with E-state index in [2.05, 4.69) is 0 Å². The number of benzene rings is 1. The zero-order valence-electron chi connectivity index (χ0n) is 10.0. The highest BCUT2D eigenvalue weighted by molar-refractivity contribution is 6.58. The Kier molecular flexibility index (Phi) is 6.00. The first kappa shape index (κ1) is 14.0. The Morgan fingerprint density at radius 3 is 2.53 bits per heavy atom. The van der Waals surface area contributed by atoms with Crippen molar-refractivity contribution in [1.82, 2.24) is 0 Å². The second-order valence-corrected chi connectivity index (χ2v) is 3.49. The predicted molar refractivity (Wildman–Crippen MR) is 64.4 cm³/mol. The molecule has 1 rings (SSSR count). The number of methoxy groups -OCH3 is 2. The lowest BCUT2D eigenvalue weighted by molar-refractivity contribution is 0.0608. The highest BCUT2D eigenvalue weighted by atomic mass is 16.5. The van der Waals surface area contributed by atoms with Crippen LogP contribution in [0.2, 0.25) is 0 Å². The topological polar surface area (TPSA) is 68.2 Å². The Morgan fingerprint density at radius 1 is 1.18 bits per heavy atom. The van der Waals surface area contributed by atoms with Gasteiger partial charge in [0, 0.05) is 12.7 Å². The monoisotopic (exact) mass is 240 g/mol. The molecule has 0 bridgehead atoms. The molecule has 0 unspecified atom stereocenters. The van der Waals surface area contributed by atoms with Crippen LogP contribution in [0.1, 0.15) is 5.56 Å². The largest absolute Gasteiger partial charge is 0.496 e. The van der Waals surface area contributed by atoms with Gasteiger partial charge in [-0.05, 0) is 11.5 Å². The summed E-state index contributed by atoms with van der Waals surface area (Å²) in [5.41, 5.74) is 1.19. The van der Waals surface area contributed by atoms with Crippen molar-refractivity contribution in [2.75, 3.05) is 27.4 Å². The molecule has 0 saturated carbocycles. The SMILES string of the molecule is COCCOCc1cc(B(O)O)ccc1OC. The van der Waals surface area contributed by atoms with Crippen LogP contribution in [0, 0.1) is 0 Å². The lowest BCUT2D eigenvalue weighted by Crippen LogP contribution is -2.30. The first-order valence-corrected chi connectivity index (χ1v) is 5.28. The molecule has 0 aliphatic carbocycles. The summed E-state index contributed by atoms with van der Waals surface area (Å²) in [7, 11) is 1.68. The Morgan fingerprint density at radius 2 is 1.94 bits per heavy atom. The highest BCUT2D eigenvalue weighted by Gasteiger charge is 2.13. The minimum absolute atomic E-state index is 0.340. The van der Waals surface area contributed by atoms with Gasteiger partial charge in [0.15, 0.2) is 0 Å². The predicted octanol–water partition coefficient (Wildman–Crippen LogP) is -0.462. The second kappa shape index (κ2) is 7.29. The Labute approximate surface area is 101 Å². The Bertz CT molecular complexity index is 343. The average Bonchev–Trinajstić information content (AvgIpc) is 2.34. The van der Waals surface area contributed by atoms with Crippen molar-refractivity contribution in [3.8, 4) is 5.75 Å². The Hall–Kier alpha value is -1.08. The minimum atomic E-state index is -1.49. The maximum absolute atomic E-state index is 9.08. The van der Waals surface area contributed by atoms with Gasteiger partial charge in [0.05, 0.1) is 26.9 Å². The molecule has 0 radical (unpaired) electrons. The van der Waals surface area contributed by atoms with E-state index in [4.69, 9.17) is 24.3 Å². The second-order valence-electron chi connectivity index (χ2n) is 3.49. The molecule has 0 aliphatic rings. The summed E-state index contributed by atoms with van der Waals surface area (Å²) >= 11 is 0. The van der Waals surface area contributed by atoms with E-state index in [1.165, 1.54) is 0 Å². The molecule has 0 heterocycles. The molecule has 94 valence electrons. The molecule has 0 spiro atoms. The fourth-order valence-corrected chi connectivity index (χ4v) is 1.40. The van der Waals surface area contributed by atoms with Gasteiger partial charge in [-0.15, -0.1) is 0 Å². The van der Waals surface area contributed by atoms with E-state index in [-0.39, 0.29) is 0 Å². The standard InChI is InChI=1S/C11H17BO5/c1-15-5-6-17-8-9-7-10(12(13)14)3-4-11(9)16-2/h3-4,7,13-14H,5-6,8H2,1-2H3. The van der Waals surface area contributed by atoms with Crippen molar-refractivity contribution in [2.45, 2.75) is 6.61 Å². The molecule has 0 aromatic heterocycles. The number of hydrogen-bond donors (Lipinski definition) is 2. The lowest BCUT2D eigenvalue weighted by atomic mass is 9.79. The first-order valence-electron chi connectivity index (χ1n) is 5.28. The third kappa shape index (κ3) is 4.36. The van der Waals surface area contributed by atoms with Gasteiger partial charge in [-0.3, -0.25) is 0 Å². The fraction of sp³-hybridized carbons (Fsp3) is 0.455. The van der Waals surface area contributed by atoms with Crippen LogP contribution >= 0.6 is 0 Å². The molecule has 2 N–H and O–H groups in total. The van der Waals surface area contributed by atoms with Crippen molar-refractivity contribution in [2.24, 2.45) is 0 Å². The summed E-state index contributed by atoms with van der Waals surface area (Å²) in [5.74, 6) is 0.659. The average molecular weight is 240 g/mol. The first-order chi connectivity index (χ1) is 8.19. The van der Waals surface area contributed by atoms with Crippen molar-refractivity contribution in [3.05, 3.63) is 23.8 Å². The summed E-state index contributed by atoms with van der Waals surface area (Å²) in [5, 5.41) is 18.2. The van der Waals surface area contributed by atoms with Gasteiger partial charge in [0.1, 0.15) is 5.75 Å². The molecule has 0 atom stereocenters. The molecule has 5 nitrogen and oxygen atoms in total. The summed E-state index contributed by atoms with van der Waals surface area (Å²) < 4.78 is 15.4. The molecule has 0 amide bonds. The zero-order chi connectivity index (χ0) is 12.7. The third-order valence-corrected chi connectivity index (χ3v) is 2.29. The molecule has 0 fully saturated rings. The van der Waals surface area contributed by atoms with Gasteiger partial charge >= 0.3 is 7.12 Å². The zero-order valence-corrected chi connectivity index (χ0v) is 10.0. The summed E-state index contributed by atoms with van der Waals surface area (Å²) in [6.45, 7) is 1.34. The normalized spacial score (nSPS) is 10.4. The van der Waals surface area contributed by atoms with Gasteiger partial charge in [-0.2, -0.15) is 0 Å². The van der Waals surface area contributed by atoms with Crippen LogP contribution in [0.25, 0.3) is 0 Å². The number of hydrogen-bond acceptors (Lipinski definition) is 5. The van der Waals surface area contributed by atoms with Crippen LogP contribution in [0.5, 0.6) is 5.75 Å².